The van der Waals surface area contributed by atoms with Gasteiger partial charge in [0.25, 0.3) is 0 Å². The van der Waals surface area contributed by atoms with Crippen molar-refractivity contribution >= 4 is 32.6 Å². The van der Waals surface area contributed by atoms with E-state index in [1.165, 1.54) is 0 Å². The number of aromatic nitrogens is 1. The Kier molecular flexibility index (Phi) is 2.21. The molecular weight excluding hydrogens is 246 g/mol. The molecule has 3 aromatic carbocycles. The predicted molar refractivity (Wildman–Crippen MR) is 84.3 cm³/mol. The molecule has 0 fully saturated rings. The fourth-order valence-electron chi connectivity index (χ4n) is 2.91. The van der Waals surface area contributed by atoms with E-state index in [-0.39, 0.29) is 5.43 Å². The van der Waals surface area contributed by atoms with Gasteiger partial charge in [-0.1, -0.05) is 42.5 Å². The molecule has 1 N–H and O–H groups in total. The number of nitrogens with one attached hydrogen (secondary N) is 1. The zero-order chi connectivity index (χ0) is 13.7. The highest BCUT2D eigenvalue weighted by molar-refractivity contribution is 6.09. The molecule has 0 saturated carbocycles. The first kappa shape index (κ1) is 11.2. The number of aromatic amines is 1. The molecule has 1 heterocycles. The van der Waals surface area contributed by atoms with Gasteiger partial charge in [0.05, 0.1) is 16.4 Å². The van der Waals surface area contributed by atoms with Crippen molar-refractivity contribution in [2.24, 2.45) is 0 Å². The highest BCUT2D eigenvalue weighted by atomic mass is 16.1. The Balaban J connectivity index is 2.37. The number of benzene rings is 3. The number of para-hydroxylation sites is 1. The summed E-state index contributed by atoms with van der Waals surface area (Å²) in [5.41, 5.74) is 3.03. The summed E-state index contributed by atoms with van der Waals surface area (Å²) in [6.45, 7) is 2.02. The second-order valence-electron chi connectivity index (χ2n) is 5.16. The molecule has 0 amide bonds. The highest BCUT2D eigenvalue weighted by Crippen LogP contribution is 2.24. The molecule has 0 bridgehead atoms. The largest absolute Gasteiger partial charge is 0.354 e. The molecule has 0 aliphatic rings. The van der Waals surface area contributed by atoms with Crippen molar-refractivity contribution in [3.05, 3.63) is 70.4 Å². The average Bonchev–Trinajstić information content (AvgIpc) is 2.48. The van der Waals surface area contributed by atoms with Gasteiger partial charge in [-0.15, -0.1) is 0 Å². The smallest absolute Gasteiger partial charge is 0.197 e. The maximum absolute atomic E-state index is 12.8. The molecular formula is C18H13NO. The van der Waals surface area contributed by atoms with Gasteiger partial charge in [0.1, 0.15) is 0 Å². The first-order chi connectivity index (χ1) is 9.75. The van der Waals surface area contributed by atoms with Crippen LogP contribution in [0, 0.1) is 6.92 Å². The normalized spacial score (nSPS) is 11.4. The van der Waals surface area contributed by atoms with Crippen molar-refractivity contribution in [2.75, 3.05) is 0 Å². The molecule has 0 spiro atoms. The van der Waals surface area contributed by atoms with Gasteiger partial charge >= 0.3 is 0 Å². The minimum absolute atomic E-state index is 0.106. The van der Waals surface area contributed by atoms with Gasteiger partial charge in [-0.2, -0.15) is 0 Å². The maximum atomic E-state index is 12.8. The zero-order valence-corrected chi connectivity index (χ0v) is 11.1. The van der Waals surface area contributed by atoms with Gasteiger partial charge in [-0.05, 0) is 35.4 Å². The van der Waals surface area contributed by atoms with Crippen LogP contribution in [-0.4, -0.2) is 4.98 Å². The van der Waals surface area contributed by atoms with Crippen LogP contribution in [0.15, 0.2) is 59.4 Å². The summed E-state index contributed by atoms with van der Waals surface area (Å²) in [4.78, 5) is 16.2. The van der Waals surface area contributed by atoms with E-state index in [0.717, 1.165) is 38.1 Å². The third kappa shape index (κ3) is 1.42. The summed E-state index contributed by atoms with van der Waals surface area (Å²) >= 11 is 0. The number of hydrogen-bond acceptors (Lipinski definition) is 1. The van der Waals surface area contributed by atoms with Crippen LogP contribution in [0.2, 0.25) is 0 Å². The molecule has 2 heteroatoms. The molecule has 2 nitrogen and oxygen atoms in total. The van der Waals surface area contributed by atoms with Gasteiger partial charge in [0.15, 0.2) is 5.43 Å². The third-order valence-electron chi connectivity index (χ3n) is 3.93. The van der Waals surface area contributed by atoms with Crippen LogP contribution in [0.1, 0.15) is 5.56 Å². The summed E-state index contributed by atoms with van der Waals surface area (Å²) < 4.78 is 0. The number of pyridine rings is 1. The van der Waals surface area contributed by atoms with Crippen LogP contribution < -0.4 is 5.43 Å². The molecule has 0 atom stereocenters. The SMILES string of the molecule is Cc1cccc2c(=O)c3c(ccc4ccccc43)[nH]c12. The Morgan fingerprint density at radius 1 is 0.850 bits per heavy atom. The van der Waals surface area contributed by atoms with Gasteiger partial charge in [-0.25, -0.2) is 0 Å². The van der Waals surface area contributed by atoms with E-state index in [4.69, 9.17) is 0 Å². The molecule has 4 aromatic rings. The van der Waals surface area contributed by atoms with Crippen molar-refractivity contribution in [1.82, 2.24) is 4.98 Å². The Hall–Kier alpha value is -2.61. The summed E-state index contributed by atoms with van der Waals surface area (Å²) in [5.74, 6) is 0. The first-order valence-corrected chi connectivity index (χ1v) is 6.69. The number of aryl methyl sites for hydroxylation is 1. The summed E-state index contributed by atoms with van der Waals surface area (Å²) in [7, 11) is 0. The third-order valence-corrected chi connectivity index (χ3v) is 3.93. The Morgan fingerprint density at radius 3 is 2.55 bits per heavy atom. The lowest BCUT2D eigenvalue weighted by Gasteiger charge is -2.07. The van der Waals surface area contributed by atoms with Crippen LogP contribution in [0.4, 0.5) is 0 Å². The van der Waals surface area contributed by atoms with Crippen molar-refractivity contribution < 1.29 is 0 Å². The molecule has 0 saturated heterocycles. The summed E-state index contributed by atoms with van der Waals surface area (Å²) in [6.07, 6.45) is 0. The van der Waals surface area contributed by atoms with E-state index < -0.39 is 0 Å². The predicted octanol–water partition coefficient (Wildman–Crippen LogP) is 4.14. The number of H-pyrrole nitrogens is 1. The van der Waals surface area contributed by atoms with Gasteiger partial charge in [0, 0.05) is 5.39 Å². The zero-order valence-electron chi connectivity index (χ0n) is 11.1. The van der Waals surface area contributed by atoms with E-state index in [0.29, 0.717) is 0 Å². The molecule has 0 aliphatic heterocycles. The quantitative estimate of drug-likeness (QED) is 0.373. The first-order valence-electron chi connectivity index (χ1n) is 6.69. The van der Waals surface area contributed by atoms with E-state index in [9.17, 15) is 4.79 Å². The molecule has 96 valence electrons. The molecule has 1 aromatic heterocycles. The standard InChI is InChI=1S/C18H13NO/c1-11-5-4-8-14-17(11)19-15-10-9-12-6-2-3-7-13(12)16(15)18(14)20/h2-10H,1H3,(H,19,20). The van der Waals surface area contributed by atoms with Gasteiger partial charge in [-0.3, -0.25) is 4.79 Å². The molecule has 20 heavy (non-hydrogen) atoms. The Labute approximate surface area is 115 Å². The average molecular weight is 259 g/mol. The molecule has 0 unspecified atom stereocenters. The van der Waals surface area contributed by atoms with Crippen molar-refractivity contribution in [2.45, 2.75) is 6.92 Å². The lowest BCUT2D eigenvalue weighted by Crippen LogP contribution is -2.05. The van der Waals surface area contributed by atoms with Crippen molar-refractivity contribution in [3.63, 3.8) is 0 Å². The summed E-state index contributed by atoms with van der Waals surface area (Å²) in [5, 5.41) is 3.64. The second kappa shape index (κ2) is 3.94. The molecule has 0 radical (unpaired) electrons. The fourth-order valence-corrected chi connectivity index (χ4v) is 2.91. The van der Waals surface area contributed by atoms with Crippen LogP contribution in [0.25, 0.3) is 32.6 Å². The van der Waals surface area contributed by atoms with E-state index in [2.05, 4.69) is 11.1 Å². The second-order valence-corrected chi connectivity index (χ2v) is 5.16. The highest BCUT2D eigenvalue weighted by Gasteiger charge is 2.09. The minimum Gasteiger partial charge on any atom is -0.354 e. The van der Waals surface area contributed by atoms with E-state index in [1.807, 2.05) is 55.5 Å². The van der Waals surface area contributed by atoms with E-state index in [1.54, 1.807) is 0 Å². The lowest BCUT2D eigenvalue weighted by molar-refractivity contribution is 1.42. The Morgan fingerprint density at radius 2 is 1.65 bits per heavy atom. The Bertz CT molecular complexity index is 1030. The monoisotopic (exact) mass is 259 g/mol. The number of fused-ring (bicyclic) bond motifs is 4. The van der Waals surface area contributed by atoms with Crippen molar-refractivity contribution in [1.29, 1.82) is 0 Å². The van der Waals surface area contributed by atoms with Crippen molar-refractivity contribution in [3.8, 4) is 0 Å². The number of rotatable bonds is 0. The van der Waals surface area contributed by atoms with Crippen LogP contribution in [0.5, 0.6) is 0 Å². The van der Waals surface area contributed by atoms with E-state index >= 15 is 0 Å². The summed E-state index contributed by atoms with van der Waals surface area (Å²) in [6, 6.07) is 17.9. The maximum Gasteiger partial charge on any atom is 0.197 e. The number of hydrogen-bond donors (Lipinski definition) is 1. The van der Waals surface area contributed by atoms with Gasteiger partial charge < -0.3 is 4.98 Å². The lowest BCUT2D eigenvalue weighted by atomic mass is 10.0. The molecule has 4 rings (SSSR count). The van der Waals surface area contributed by atoms with Crippen LogP contribution in [0.3, 0.4) is 0 Å². The fraction of sp³-hybridized carbons (Fsp3) is 0.0556. The van der Waals surface area contributed by atoms with Crippen LogP contribution >= 0.6 is 0 Å². The van der Waals surface area contributed by atoms with Crippen LogP contribution in [-0.2, 0) is 0 Å². The topological polar surface area (TPSA) is 32.9 Å². The minimum atomic E-state index is 0.106. The van der Waals surface area contributed by atoms with Gasteiger partial charge in [0.2, 0.25) is 0 Å². The molecule has 0 aliphatic carbocycles.